The Labute approximate surface area is 164 Å². The monoisotopic (exact) mass is 431 g/mol. The Balaban J connectivity index is 1.49. The van der Waals surface area contributed by atoms with E-state index >= 15 is 0 Å². The van der Waals surface area contributed by atoms with Crippen LogP contribution in [0.5, 0.6) is 0 Å². The number of hydrogen-bond donors (Lipinski definition) is 2. The third-order valence-electron chi connectivity index (χ3n) is 4.97. The van der Waals surface area contributed by atoms with Crippen LogP contribution < -0.4 is 10.6 Å². The molecule has 4 rings (SSSR count). The highest BCUT2D eigenvalue weighted by Crippen LogP contribution is 2.42. The highest BCUT2D eigenvalue weighted by atomic mass is 79.9. The maximum Gasteiger partial charge on any atom is 0.325 e. The van der Waals surface area contributed by atoms with E-state index in [1.165, 1.54) is 0 Å². The first-order chi connectivity index (χ1) is 12.9. The third-order valence-corrected chi connectivity index (χ3v) is 5.38. The van der Waals surface area contributed by atoms with Gasteiger partial charge in [-0.15, -0.1) is 0 Å². The molecular weight excluding hydrogens is 414 g/mol. The van der Waals surface area contributed by atoms with Crippen LogP contribution in [0.4, 0.5) is 10.5 Å². The summed E-state index contributed by atoms with van der Waals surface area (Å²) in [6.45, 7) is 1.40. The lowest BCUT2D eigenvalue weighted by Crippen LogP contribution is -2.46. The van der Waals surface area contributed by atoms with Crippen molar-refractivity contribution < 1.29 is 14.4 Å². The van der Waals surface area contributed by atoms with Crippen molar-refractivity contribution in [2.24, 2.45) is 5.92 Å². The van der Waals surface area contributed by atoms with E-state index < -0.39 is 17.5 Å². The second-order valence-electron chi connectivity index (χ2n) is 6.97. The molecule has 2 N–H and O–H groups in total. The minimum absolute atomic E-state index is 0.154. The summed E-state index contributed by atoms with van der Waals surface area (Å²) >= 11 is 3.34. The van der Waals surface area contributed by atoms with Gasteiger partial charge in [0.15, 0.2) is 0 Å². The molecule has 0 radical (unpaired) electrons. The lowest BCUT2D eigenvalue weighted by Gasteiger charge is -2.20. The molecule has 0 bridgehead atoms. The fraction of sp³-hybridized carbons (Fsp3) is 0.333. The summed E-state index contributed by atoms with van der Waals surface area (Å²) in [5, 5.41) is 9.73. The van der Waals surface area contributed by atoms with E-state index in [4.69, 9.17) is 0 Å². The topological polar surface area (TPSA) is 96.3 Å². The van der Waals surface area contributed by atoms with Gasteiger partial charge in [-0.1, -0.05) is 12.1 Å². The Kier molecular flexibility index (Phi) is 4.26. The number of imide groups is 1. The zero-order valence-electron chi connectivity index (χ0n) is 14.6. The quantitative estimate of drug-likeness (QED) is 0.709. The maximum atomic E-state index is 12.6. The van der Waals surface area contributed by atoms with Gasteiger partial charge < -0.3 is 10.6 Å². The fourth-order valence-electron chi connectivity index (χ4n) is 3.34. The molecule has 2 heterocycles. The largest absolute Gasteiger partial charge is 0.325 e. The van der Waals surface area contributed by atoms with Crippen LogP contribution in [0.25, 0.3) is 5.69 Å². The predicted octanol–water partition coefficient (Wildman–Crippen LogP) is 2.29. The first-order valence-electron chi connectivity index (χ1n) is 8.62. The molecular formula is C18H18BrN5O3. The number of halogens is 1. The highest BCUT2D eigenvalue weighted by Gasteiger charge is 2.56. The van der Waals surface area contributed by atoms with E-state index in [0.29, 0.717) is 11.4 Å². The number of benzene rings is 1. The molecule has 1 aliphatic carbocycles. The van der Waals surface area contributed by atoms with Crippen molar-refractivity contribution in [3.8, 4) is 5.69 Å². The first kappa shape index (κ1) is 17.7. The Bertz CT molecular complexity index is 939. The molecule has 1 aromatic carbocycles. The predicted molar refractivity (Wildman–Crippen MR) is 101 cm³/mol. The molecule has 1 saturated carbocycles. The number of anilines is 1. The molecule has 0 spiro atoms. The molecule has 4 amide bonds. The summed E-state index contributed by atoms with van der Waals surface area (Å²) in [7, 11) is 0. The molecule has 1 aliphatic heterocycles. The van der Waals surface area contributed by atoms with Crippen molar-refractivity contribution >= 4 is 39.5 Å². The van der Waals surface area contributed by atoms with E-state index in [-0.39, 0.29) is 18.4 Å². The molecule has 1 atom stereocenters. The zero-order valence-corrected chi connectivity index (χ0v) is 16.2. The lowest BCUT2D eigenvalue weighted by atomic mass is 9.96. The van der Waals surface area contributed by atoms with E-state index in [2.05, 4.69) is 31.7 Å². The van der Waals surface area contributed by atoms with Gasteiger partial charge in [0.2, 0.25) is 5.91 Å². The van der Waals surface area contributed by atoms with Gasteiger partial charge in [0, 0.05) is 6.20 Å². The average molecular weight is 432 g/mol. The number of para-hydroxylation sites is 2. The van der Waals surface area contributed by atoms with Crippen LogP contribution in [-0.4, -0.2) is 44.6 Å². The molecule has 8 nitrogen and oxygen atoms in total. The van der Waals surface area contributed by atoms with Crippen molar-refractivity contribution in [2.75, 3.05) is 11.9 Å². The minimum atomic E-state index is -0.892. The van der Waals surface area contributed by atoms with Gasteiger partial charge in [0.1, 0.15) is 12.1 Å². The Morgan fingerprint density at radius 2 is 2.11 bits per heavy atom. The average Bonchev–Trinajstić information content (AvgIpc) is 3.37. The number of rotatable bonds is 5. The molecule has 2 aliphatic rings. The summed E-state index contributed by atoms with van der Waals surface area (Å²) in [5.74, 6) is -0.632. The Morgan fingerprint density at radius 3 is 2.78 bits per heavy atom. The first-order valence-corrected chi connectivity index (χ1v) is 9.41. The van der Waals surface area contributed by atoms with Gasteiger partial charge >= 0.3 is 6.03 Å². The van der Waals surface area contributed by atoms with E-state index in [9.17, 15) is 14.4 Å². The van der Waals surface area contributed by atoms with Crippen LogP contribution in [0.3, 0.4) is 0 Å². The number of hydrogen-bond acceptors (Lipinski definition) is 4. The number of nitrogens with zero attached hydrogens (tertiary/aromatic N) is 3. The molecule has 9 heteroatoms. The third kappa shape index (κ3) is 3.23. The number of urea groups is 1. The van der Waals surface area contributed by atoms with Crippen molar-refractivity contribution in [2.45, 2.75) is 25.3 Å². The number of aromatic nitrogens is 2. The second-order valence-corrected chi connectivity index (χ2v) is 7.88. The van der Waals surface area contributed by atoms with Gasteiger partial charge in [-0.2, -0.15) is 5.10 Å². The van der Waals surface area contributed by atoms with E-state index in [1.807, 2.05) is 12.1 Å². The molecule has 27 heavy (non-hydrogen) atoms. The van der Waals surface area contributed by atoms with Gasteiger partial charge in [-0.3, -0.25) is 14.5 Å². The van der Waals surface area contributed by atoms with Crippen molar-refractivity contribution in [1.82, 2.24) is 20.0 Å². The summed E-state index contributed by atoms with van der Waals surface area (Å²) in [6, 6.07) is 6.65. The number of nitrogens with one attached hydrogen (secondary N) is 2. The smallest absolute Gasteiger partial charge is 0.323 e. The summed E-state index contributed by atoms with van der Waals surface area (Å²) in [6.07, 6.45) is 5.23. The zero-order chi connectivity index (χ0) is 19.2. The van der Waals surface area contributed by atoms with Crippen LogP contribution in [0.2, 0.25) is 0 Å². The number of amides is 4. The Morgan fingerprint density at radius 1 is 1.37 bits per heavy atom. The van der Waals surface area contributed by atoms with Crippen molar-refractivity contribution in [3.05, 3.63) is 41.1 Å². The second kappa shape index (κ2) is 6.49. The van der Waals surface area contributed by atoms with E-state index in [1.54, 1.807) is 36.1 Å². The maximum absolute atomic E-state index is 12.6. The van der Waals surface area contributed by atoms with Gasteiger partial charge in [0.05, 0.1) is 22.0 Å². The molecule has 1 saturated heterocycles. The molecule has 2 aromatic rings. The Hall–Kier alpha value is -2.68. The lowest BCUT2D eigenvalue weighted by molar-refractivity contribution is -0.134. The minimum Gasteiger partial charge on any atom is -0.323 e. The number of carbonyl (C=O) groups excluding carboxylic acids is 3. The van der Waals surface area contributed by atoms with Gasteiger partial charge in [-0.05, 0) is 53.7 Å². The van der Waals surface area contributed by atoms with Crippen molar-refractivity contribution in [1.29, 1.82) is 0 Å². The summed E-state index contributed by atoms with van der Waals surface area (Å²) < 4.78 is 2.43. The normalized spacial score (nSPS) is 22.1. The van der Waals surface area contributed by atoms with Gasteiger partial charge in [-0.25, -0.2) is 9.48 Å². The molecule has 1 aromatic heterocycles. The molecule has 1 unspecified atom stereocenters. The van der Waals surface area contributed by atoms with Crippen LogP contribution in [0, 0.1) is 5.92 Å². The van der Waals surface area contributed by atoms with Gasteiger partial charge in [0.25, 0.3) is 5.91 Å². The van der Waals surface area contributed by atoms with Crippen LogP contribution >= 0.6 is 15.9 Å². The standard InChI is InChI=1S/C18H18BrN5O3/c1-18(11-6-7-11)16(26)23(17(27)22-18)10-15(25)21-13-4-2-3-5-14(13)24-9-12(19)8-20-24/h2-5,8-9,11H,6-7,10H2,1H3,(H,21,25)(H,22,27). The van der Waals surface area contributed by atoms with Crippen molar-refractivity contribution in [3.63, 3.8) is 0 Å². The summed E-state index contributed by atoms with van der Waals surface area (Å²) in [5.41, 5.74) is 0.322. The summed E-state index contributed by atoms with van der Waals surface area (Å²) in [4.78, 5) is 38.4. The SMILES string of the molecule is CC1(C2CC2)NC(=O)N(CC(=O)Nc2ccccc2-n2cc(Br)cn2)C1=O. The van der Waals surface area contributed by atoms with Crippen LogP contribution in [0.15, 0.2) is 41.1 Å². The fourth-order valence-corrected chi connectivity index (χ4v) is 3.63. The van der Waals surface area contributed by atoms with Crippen LogP contribution in [0.1, 0.15) is 19.8 Å². The van der Waals surface area contributed by atoms with E-state index in [0.717, 1.165) is 22.2 Å². The molecule has 140 valence electrons. The number of carbonyl (C=O) groups is 3. The van der Waals surface area contributed by atoms with Crippen LogP contribution in [-0.2, 0) is 9.59 Å². The highest BCUT2D eigenvalue weighted by molar-refractivity contribution is 9.10. The molecule has 2 fully saturated rings.